The van der Waals surface area contributed by atoms with Crippen molar-refractivity contribution < 1.29 is 14.7 Å². The third-order valence-corrected chi connectivity index (χ3v) is 3.80. The predicted molar refractivity (Wildman–Crippen MR) is 68.1 cm³/mol. The lowest BCUT2D eigenvalue weighted by Crippen LogP contribution is -2.52. The number of aliphatic carboxylic acids is 1. The predicted octanol–water partition coefficient (Wildman–Crippen LogP) is 0.164. The third kappa shape index (κ3) is 4.20. The van der Waals surface area contributed by atoms with Gasteiger partial charge in [0.05, 0.1) is 0 Å². The minimum Gasteiger partial charge on any atom is -0.480 e. The summed E-state index contributed by atoms with van der Waals surface area (Å²) in [4.78, 5) is 22.8. The van der Waals surface area contributed by atoms with Gasteiger partial charge in [0.1, 0.15) is 6.04 Å². The molecule has 1 rings (SSSR count). The first-order chi connectivity index (χ1) is 8.06. The Morgan fingerprint density at radius 3 is 2.59 bits per heavy atom. The van der Waals surface area contributed by atoms with Crippen LogP contribution in [-0.4, -0.2) is 48.1 Å². The average molecular weight is 260 g/mol. The van der Waals surface area contributed by atoms with Gasteiger partial charge in [0, 0.05) is 5.92 Å². The van der Waals surface area contributed by atoms with Gasteiger partial charge in [-0.2, -0.15) is 11.8 Å². The molecule has 0 spiro atoms. The molecule has 0 aromatic carbocycles. The van der Waals surface area contributed by atoms with E-state index in [-0.39, 0.29) is 11.8 Å². The largest absolute Gasteiger partial charge is 0.480 e. The van der Waals surface area contributed by atoms with Crippen molar-refractivity contribution in [3.05, 3.63) is 0 Å². The molecular weight excluding hydrogens is 240 g/mol. The van der Waals surface area contributed by atoms with Gasteiger partial charge >= 0.3 is 5.97 Å². The van der Waals surface area contributed by atoms with E-state index in [2.05, 4.69) is 10.6 Å². The van der Waals surface area contributed by atoms with Gasteiger partial charge in [-0.15, -0.1) is 0 Å². The highest BCUT2D eigenvalue weighted by Gasteiger charge is 2.30. The maximum Gasteiger partial charge on any atom is 0.326 e. The van der Waals surface area contributed by atoms with Gasteiger partial charge < -0.3 is 15.7 Å². The quantitative estimate of drug-likeness (QED) is 0.608. The van der Waals surface area contributed by atoms with Crippen molar-refractivity contribution in [2.45, 2.75) is 19.4 Å². The van der Waals surface area contributed by atoms with Crippen LogP contribution in [0.4, 0.5) is 0 Å². The van der Waals surface area contributed by atoms with Gasteiger partial charge in [0.2, 0.25) is 5.91 Å². The number of nitrogens with one attached hydrogen (secondary N) is 2. The maximum absolute atomic E-state index is 11.8. The van der Waals surface area contributed by atoms with Gasteiger partial charge in [-0.1, -0.05) is 6.92 Å². The Morgan fingerprint density at radius 1 is 1.53 bits per heavy atom. The van der Waals surface area contributed by atoms with E-state index in [1.165, 1.54) is 0 Å². The van der Waals surface area contributed by atoms with Crippen molar-refractivity contribution in [3.8, 4) is 0 Å². The molecule has 0 aromatic rings. The molecule has 1 unspecified atom stereocenters. The number of carbonyl (C=O) groups excluding carboxylic acids is 1. The third-order valence-electron chi connectivity index (χ3n) is 3.16. The second-order valence-electron chi connectivity index (χ2n) is 4.39. The lowest BCUT2D eigenvalue weighted by atomic mass is 9.88. The van der Waals surface area contributed by atoms with E-state index in [4.69, 9.17) is 5.11 Å². The fraction of sp³-hybridized carbons (Fsp3) is 0.818. The summed E-state index contributed by atoms with van der Waals surface area (Å²) in [5.74, 6) is -0.148. The molecule has 1 aliphatic rings. The lowest BCUT2D eigenvalue weighted by Gasteiger charge is -2.32. The molecule has 5 nitrogen and oxygen atoms in total. The van der Waals surface area contributed by atoms with Crippen LogP contribution in [0.2, 0.25) is 0 Å². The lowest BCUT2D eigenvalue weighted by molar-refractivity contribution is -0.142. The second-order valence-corrected chi connectivity index (χ2v) is 5.37. The second kappa shape index (κ2) is 6.86. The summed E-state index contributed by atoms with van der Waals surface area (Å²) < 4.78 is 0. The van der Waals surface area contributed by atoms with E-state index in [1.807, 2.05) is 13.2 Å². The smallest absolute Gasteiger partial charge is 0.326 e. The van der Waals surface area contributed by atoms with E-state index in [0.29, 0.717) is 12.3 Å². The highest BCUT2D eigenvalue weighted by molar-refractivity contribution is 7.98. The zero-order chi connectivity index (χ0) is 12.8. The molecule has 1 aliphatic heterocycles. The summed E-state index contributed by atoms with van der Waals surface area (Å²) in [6, 6.07) is -0.759. The fourth-order valence-corrected chi connectivity index (χ4v) is 2.15. The Morgan fingerprint density at radius 2 is 2.18 bits per heavy atom. The average Bonchev–Trinajstić information content (AvgIpc) is 2.20. The standard InChI is InChI=1S/C11H20N2O3S/c1-7(8-5-12-6-8)10(14)13-9(11(15)16)3-4-17-2/h7-9,12H,3-6H2,1-2H3,(H,13,14)(H,15,16)/t7?,9-/m0/s1. The van der Waals surface area contributed by atoms with E-state index >= 15 is 0 Å². The van der Waals surface area contributed by atoms with Crippen LogP contribution < -0.4 is 10.6 Å². The number of thioether (sulfide) groups is 1. The van der Waals surface area contributed by atoms with Gasteiger partial charge in [0.15, 0.2) is 0 Å². The molecule has 0 radical (unpaired) electrons. The molecule has 0 aliphatic carbocycles. The Labute approximate surface area is 106 Å². The van der Waals surface area contributed by atoms with Crippen molar-refractivity contribution in [1.29, 1.82) is 0 Å². The van der Waals surface area contributed by atoms with Gasteiger partial charge in [-0.3, -0.25) is 4.79 Å². The molecule has 17 heavy (non-hydrogen) atoms. The molecule has 2 atom stereocenters. The number of hydrogen-bond acceptors (Lipinski definition) is 4. The normalized spacial score (nSPS) is 19.2. The van der Waals surface area contributed by atoms with Crippen LogP contribution in [0.15, 0.2) is 0 Å². The van der Waals surface area contributed by atoms with Crippen LogP contribution in [0.3, 0.4) is 0 Å². The van der Waals surface area contributed by atoms with Gasteiger partial charge in [0.25, 0.3) is 0 Å². The summed E-state index contributed by atoms with van der Waals surface area (Å²) >= 11 is 1.58. The molecule has 98 valence electrons. The monoisotopic (exact) mass is 260 g/mol. The van der Waals surface area contributed by atoms with Crippen molar-refractivity contribution in [2.75, 3.05) is 25.1 Å². The Kier molecular flexibility index (Phi) is 5.77. The van der Waals surface area contributed by atoms with Crippen LogP contribution in [0.25, 0.3) is 0 Å². The molecule has 1 amide bonds. The molecule has 0 aromatic heterocycles. The minimum absolute atomic E-state index is 0.118. The van der Waals surface area contributed by atoms with E-state index < -0.39 is 12.0 Å². The topological polar surface area (TPSA) is 78.4 Å². The summed E-state index contributed by atoms with van der Waals surface area (Å²) in [5, 5.41) is 14.7. The molecule has 1 heterocycles. The molecule has 6 heteroatoms. The molecule has 3 N–H and O–H groups in total. The summed E-state index contributed by atoms with van der Waals surface area (Å²) in [6.07, 6.45) is 2.39. The first kappa shape index (κ1) is 14.3. The molecule has 1 saturated heterocycles. The summed E-state index contributed by atoms with van der Waals surface area (Å²) in [6.45, 7) is 3.54. The Balaban J connectivity index is 2.41. The first-order valence-corrected chi connectivity index (χ1v) is 7.18. The van der Waals surface area contributed by atoms with Gasteiger partial charge in [-0.25, -0.2) is 4.79 Å². The van der Waals surface area contributed by atoms with Crippen LogP contribution in [0, 0.1) is 11.8 Å². The number of rotatable bonds is 7. The van der Waals surface area contributed by atoms with E-state index in [9.17, 15) is 9.59 Å². The fourth-order valence-electron chi connectivity index (χ4n) is 1.67. The SMILES string of the molecule is CSCC[C@H](NC(=O)C(C)C1CNC1)C(=O)O. The van der Waals surface area contributed by atoms with Crippen LogP contribution in [-0.2, 0) is 9.59 Å². The molecule has 1 fully saturated rings. The van der Waals surface area contributed by atoms with Gasteiger partial charge in [-0.05, 0) is 37.4 Å². The Hall–Kier alpha value is -0.750. The summed E-state index contributed by atoms with van der Waals surface area (Å²) in [5.41, 5.74) is 0. The summed E-state index contributed by atoms with van der Waals surface area (Å²) in [7, 11) is 0. The van der Waals surface area contributed by atoms with Crippen LogP contribution in [0.5, 0.6) is 0 Å². The molecular formula is C11H20N2O3S. The first-order valence-electron chi connectivity index (χ1n) is 5.79. The highest BCUT2D eigenvalue weighted by Crippen LogP contribution is 2.16. The number of carbonyl (C=O) groups is 2. The van der Waals surface area contributed by atoms with E-state index in [0.717, 1.165) is 18.8 Å². The molecule has 0 bridgehead atoms. The zero-order valence-electron chi connectivity index (χ0n) is 10.2. The van der Waals surface area contributed by atoms with Crippen molar-refractivity contribution >= 4 is 23.6 Å². The van der Waals surface area contributed by atoms with E-state index in [1.54, 1.807) is 11.8 Å². The van der Waals surface area contributed by atoms with Crippen LogP contribution in [0.1, 0.15) is 13.3 Å². The number of carboxylic acid groups (broad SMARTS) is 1. The van der Waals surface area contributed by atoms with Crippen molar-refractivity contribution in [1.82, 2.24) is 10.6 Å². The number of hydrogen-bond donors (Lipinski definition) is 3. The highest BCUT2D eigenvalue weighted by atomic mass is 32.2. The zero-order valence-corrected chi connectivity index (χ0v) is 11.0. The van der Waals surface area contributed by atoms with Crippen LogP contribution >= 0.6 is 11.8 Å². The van der Waals surface area contributed by atoms with Crippen molar-refractivity contribution in [3.63, 3.8) is 0 Å². The Bertz CT molecular complexity index is 282. The maximum atomic E-state index is 11.8. The number of carboxylic acids is 1. The minimum atomic E-state index is -0.952. The van der Waals surface area contributed by atoms with Crippen molar-refractivity contribution in [2.24, 2.45) is 11.8 Å². The molecule has 0 saturated carbocycles. The number of amides is 1.